The lowest BCUT2D eigenvalue weighted by Gasteiger charge is -2.21. The van der Waals surface area contributed by atoms with E-state index in [1.807, 2.05) is 0 Å². The summed E-state index contributed by atoms with van der Waals surface area (Å²) in [6.45, 7) is 12.0. The fraction of sp³-hybridized carbons (Fsp3) is 0.953. The Morgan fingerprint density at radius 2 is 0.490 bits per heavy atom. The molecule has 618 valence electrons. The van der Waals surface area contributed by atoms with Crippen LogP contribution >= 0.6 is 15.6 Å². The van der Waals surface area contributed by atoms with Crippen LogP contribution in [0.2, 0.25) is 0 Å². The second kappa shape index (κ2) is 75.1. The first kappa shape index (κ1) is 102. The lowest BCUT2D eigenvalue weighted by Crippen LogP contribution is -2.30. The van der Waals surface area contributed by atoms with Gasteiger partial charge in [0, 0.05) is 25.7 Å². The van der Waals surface area contributed by atoms with Gasteiger partial charge in [0.1, 0.15) is 19.3 Å². The fourth-order valence-electron chi connectivity index (χ4n) is 13.2. The van der Waals surface area contributed by atoms with Gasteiger partial charge in [-0.05, 0) is 43.4 Å². The molecule has 0 saturated carbocycles. The highest BCUT2D eigenvalue weighted by Crippen LogP contribution is 2.45. The standard InChI is InChI=1S/C85H166O17P2/c1-8-10-11-12-13-14-15-30-38-45-52-59-66-82(87)95-73-81(102-85(90)69-62-55-48-41-34-33-36-43-50-57-64-77(5)6)75-100-104(93,94)98-71-79(86)70-97-103(91,92)99-74-80(72-96-83(88)67-60-53-46-39-31-26-23-22-24-28-35-42-49-56-63-76(3)4)101-84(89)68-61-54-47-40-32-27-21-19-17-16-18-20-25-29-37-44-51-58-65-78(7)9-2/h76-81,86H,8-75H2,1-7H3,(H,91,92)(H,93,94)/t78?,79-,80-,81-/m1/s1. The first-order valence-corrected chi connectivity index (χ1v) is 46.9. The average molecular weight is 1520 g/mol. The van der Waals surface area contributed by atoms with Crippen molar-refractivity contribution >= 4 is 39.5 Å². The molecule has 0 saturated heterocycles. The van der Waals surface area contributed by atoms with E-state index in [0.29, 0.717) is 25.7 Å². The molecule has 0 fully saturated rings. The van der Waals surface area contributed by atoms with Crippen LogP contribution < -0.4 is 0 Å². The van der Waals surface area contributed by atoms with Gasteiger partial charge in [0.25, 0.3) is 0 Å². The van der Waals surface area contributed by atoms with Gasteiger partial charge in [-0.15, -0.1) is 0 Å². The Balaban J connectivity index is 5.24. The third-order valence-electron chi connectivity index (χ3n) is 20.2. The minimum absolute atomic E-state index is 0.106. The summed E-state index contributed by atoms with van der Waals surface area (Å²) in [7, 11) is -9.93. The molecule has 0 bridgehead atoms. The van der Waals surface area contributed by atoms with Gasteiger partial charge in [-0.3, -0.25) is 37.3 Å². The number of hydrogen-bond acceptors (Lipinski definition) is 15. The number of phosphoric ester groups is 2. The molecule has 0 aliphatic rings. The highest BCUT2D eigenvalue weighted by molar-refractivity contribution is 7.47. The third kappa shape index (κ3) is 76.8. The second-order valence-electron chi connectivity index (χ2n) is 31.8. The monoisotopic (exact) mass is 1520 g/mol. The van der Waals surface area contributed by atoms with Crippen molar-refractivity contribution in [3.63, 3.8) is 0 Å². The van der Waals surface area contributed by atoms with Crippen molar-refractivity contribution < 1.29 is 80.2 Å². The third-order valence-corrected chi connectivity index (χ3v) is 22.1. The van der Waals surface area contributed by atoms with Crippen molar-refractivity contribution in [3.8, 4) is 0 Å². The van der Waals surface area contributed by atoms with Gasteiger partial charge in [-0.2, -0.15) is 0 Å². The molecule has 0 aliphatic carbocycles. The lowest BCUT2D eigenvalue weighted by atomic mass is 9.99. The van der Waals surface area contributed by atoms with E-state index in [2.05, 4.69) is 48.5 Å². The molecule has 3 unspecified atom stereocenters. The molecule has 0 spiro atoms. The van der Waals surface area contributed by atoms with Gasteiger partial charge in [0.2, 0.25) is 0 Å². The first-order valence-electron chi connectivity index (χ1n) is 43.9. The molecule has 0 radical (unpaired) electrons. The topological polar surface area (TPSA) is 237 Å². The minimum Gasteiger partial charge on any atom is -0.462 e. The Morgan fingerprint density at radius 3 is 0.731 bits per heavy atom. The zero-order chi connectivity index (χ0) is 76.5. The zero-order valence-corrected chi connectivity index (χ0v) is 70.3. The molecular weight excluding hydrogens is 1350 g/mol. The van der Waals surface area contributed by atoms with Gasteiger partial charge in [-0.25, -0.2) is 9.13 Å². The molecule has 0 rings (SSSR count). The normalized spacial score (nSPS) is 14.2. The van der Waals surface area contributed by atoms with E-state index in [4.69, 9.17) is 37.0 Å². The van der Waals surface area contributed by atoms with E-state index >= 15 is 0 Å². The predicted octanol–water partition coefficient (Wildman–Crippen LogP) is 25.7. The summed E-state index contributed by atoms with van der Waals surface area (Å²) in [6.07, 6.45) is 65.1. The average Bonchev–Trinajstić information content (AvgIpc) is 0.966. The smallest absolute Gasteiger partial charge is 0.462 e. The van der Waals surface area contributed by atoms with Gasteiger partial charge in [0.15, 0.2) is 12.2 Å². The first-order chi connectivity index (χ1) is 50.3. The summed E-state index contributed by atoms with van der Waals surface area (Å²) < 4.78 is 68.9. The quantitative estimate of drug-likeness (QED) is 0.0222. The number of carbonyl (C=O) groups excluding carboxylic acids is 4. The molecule has 3 N–H and O–H groups in total. The van der Waals surface area contributed by atoms with E-state index < -0.39 is 97.5 Å². The zero-order valence-electron chi connectivity index (χ0n) is 68.5. The molecule has 0 aromatic carbocycles. The molecule has 0 aromatic rings. The number of carbonyl (C=O) groups is 4. The van der Waals surface area contributed by atoms with E-state index in [9.17, 15) is 43.2 Å². The SMILES string of the molecule is CCCCCCCCCCCCCCC(=O)OC[C@H](COP(=O)(O)OC[C@H](O)COP(=O)(O)OC[C@@H](COC(=O)CCCCCCCCCCCCCCCCC(C)C)OC(=O)CCCCCCCCCCCCCCCCCCCCC(C)CC)OC(=O)CCCCCCCCCCCCC(C)C. The van der Waals surface area contributed by atoms with Crippen LogP contribution in [0.15, 0.2) is 0 Å². The van der Waals surface area contributed by atoms with Gasteiger partial charge < -0.3 is 33.8 Å². The molecule has 104 heavy (non-hydrogen) atoms. The van der Waals surface area contributed by atoms with Crippen LogP contribution in [0, 0.1) is 17.8 Å². The summed E-state index contributed by atoms with van der Waals surface area (Å²) in [5.41, 5.74) is 0. The molecule has 0 heterocycles. The summed E-state index contributed by atoms with van der Waals surface area (Å²) in [5.74, 6) is 0.317. The van der Waals surface area contributed by atoms with Crippen molar-refractivity contribution in [1.29, 1.82) is 0 Å². The Labute approximate surface area is 638 Å². The number of hydrogen-bond donors (Lipinski definition) is 3. The summed E-state index contributed by atoms with van der Waals surface area (Å²) in [5, 5.41) is 10.7. The maximum Gasteiger partial charge on any atom is 0.472 e. The van der Waals surface area contributed by atoms with Gasteiger partial charge >= 0.3 is 39.5 Å². The van der Waals surface area contributed by atoms with Crippen molar-refractivity contribution in [2.75, 3.05) is 39.6 Å². The maximum absolute atomic E-state index is 13.1. The van der Waals surface area contributed by atoms with Gasteiger partial charge in [0.05, 0.1) is 26.4 Å². The number of aliphatic hydroxyl groups is 1. The highest BCUT2D eigenvalue weighted by atomic mass is 31.2. The molecule has 19 heteroatoms. The predicted molar refractivity (Wildman–Crippen MR) is 428 cm³/mol. The number of ether oxygens (including phenoxy) is 4. The van der Waals surface area contributed by atoms with Crippen LogP contribution in [-0.2, 0) is 65.4 Å². The lowest BCUT2D eigenvalue weighted by molar-refractivity contribution is -0.161. The maximum atomic E-state index is 13.1. The van der Waals surface area contributed by atoms with Crippen LogP contribution in [0.1, 0.15) is 447 Å². The number of esters is 4. The molecular formula is C85H166O17P2. The van der Waals surface area contributed by atoms with Crippen LogP contribution in [0.25, 0.3) is 0 Å². The van der Waals surface area contributed by atoms with E-state index in [1.165, 1.54) is 257 Å². The van der Waals surface area contributed by atoms with Gasteiger partial charge in [-0.1, -0.05) is 395 Å². The summed E-state index contributed by atoms with van der Waals surface area (Å²) in [4.78, 5) is 73.2. The Bertz CT molecular complexity index is 2010. The van der Waals surface area contributed by atoms with Crippen molar-refractivity contribution in [2.24, 2.45) is 17.8 Å². The molecule has 0 aromatic heterocycles. The Kier molecular flexibility index (Phi) is 73.7. The van der Waals surface area contributed by atoms with Crippen LogP contribution in [0.3, 0.4) is 0 Å². The van der Waals surface area contributed by atoms with Crippen molar-refractivity contribution in [2.45, 2.75) is 465 Å². The largest absolute Gasteiger partial charge is 0.472 e. The molecule has 6 atom stereocenters. The minimum atomic E-state index is -4.97. The Morgan fingerprint density at radius 1 is 0.279 bits per heavy atom. The van der Waals surface area contributed by atoms with E-state index in [1.54, 1.807) is 0 Å². The van der Waals surface area contributed by atoms with E-state index in [-0.39, 0.29) is 25.7 Å². The van der Waals surface area contributed by atoms with E-state index in [0.717, 1.165) is 108 Å². The van der Waals surface area contributed by atoms with Crippen LogP contribution in [0.5, 0.6) is 0 Å². The molecule has 0 aliphatic heterocycles. The summed E-state index contributed by atoms with van der Waals surface area (Å²) in [6, 6.07) is 0. The second-order valence-corrected chi connectivity index (χ2v) is 34.7. The Hall–Kier alpha value is -1.94. The van der Waals surface area contributed by atoms with Crippen molar-refractivity contribution in [1.82, 2.24) is 0 Å². The van der Waals surface area contributed by atoms with Crippen LogP contribution in [0.4, 0.5) is 0 Å². The fourth-order valence-corrected chi connectivity index (χ4v) is 14.7. The number of aliphatic hydroxyl groups excluding tert-OH is 1. The van der Waals surface area contributed by atoms with Crippen molar-refractivity contribution in [3.05, 3.63) is 0 Å². The number of phosphoric acid groups is 2. The molecule has 0 amide bonds. The van der Waals surface area contributed by atoms with Crippen LogP contribution in [-0.4, -0.2) is 96.7 Å². The number of rotatable bonds is 83. The summed E-state index contributed by atoms with van der Waals surface area (Å²) >= 11 is 0. The molecule has 17 nitrogen and oxygen atoms in total. The number of unbranched alkanes of at least 4 members (excludes halogenated alkanes) is 50. The highest BCUT2D eigenvalue weighted by Gasteiger charge is 2.30.